The molecule has 6 heteroatoms. The molecule has 0 fully saturated rings. The Balaban J connectivity index is 2.05. The average molecular weight is 300 g/mol. The van der Waals surface area contributed by atoms with Crippen LogP contribution in [0.1, 0.15) is 24.2 Å². The second-order valence-electron chi connectivity index (χ2n) is 4.42. The van der Waals surface area contributed by atoms with Gasteiger partial charge in [-0.2, -0.15) is 4.98 Å². The van der Waals surface area contributed by atoms with Crippen molar-refractivity contribution in [2.45, 2.75) is 25.8 Å². The van der Waals surface area contributed by atoms with Gasteiger partial charge in [0.25, 0.3) is 0 Å². The van der Waals surface area contributed by atoms with Crippen molar-refractivity contribution in [3.05, 3.63) is 45.5 Å². The summed E-state index contributed by atoms with van der Waals surface area (Å²) in [5.41, 5.74) is 0.992. The van der Waals surface area contributed by atoms with Crippen LogP contribution in [0.3, 0.4) is 0 Å². The largest absolute Gasteiger partial charge is 0.339 e. The van der Waals surface area contributed by atoms with Gasteiger partial charge in [0.2, 0.25) is 5.89 Å². The first-order valence-electron chi connectivity index (χ1n) is 6.01. The Labute approximate surface area is 122 Å². The number of hydrogen-bond donors (Lipinski definition) is 1. The van der Waals surface area contributed by atoms with Gasteiger partial charge >= 0.3 is 0 Å². The van der Waals surface area contributed by atoms with Gasteiger partial charge in [-0.3, -0.25) is 0 Å². The Morgan fingerprint density at radius 1 is 1.32 bits per heavy atom. The monoisotopic (exact) mass is 299 g/mol. The normalized spacial score (nSPS) is 12.6. The lowest BCUT2D eigenvalue weighted by Crippen LogP contribution is -2.24. The molecule has 0 aliphatic carbocycles. The van der Waals surface area contributed by atoms with E-state index in [0.717, 1.165) is 12.0 Å². The summed E-state index contributed by atoms with van der Waals surface area (Å²) >= 11 is 11.8. The lowest BCUT2D eigenvalue weighted by atomic mass is 10.1. The van der Waals surface area contributed by atoms with Crippen molar-refractivity contribution in [1.29, 1.82) is 0 Å². The van der Waals surface area contributed by atoms with Gasteiger partial charge in [0.15, 0.2) is 5.82 Å². The van der Waals surface area contributed by atoms with E-state index in [1.807, 2.05) is 19.2 Å². The van der Waals surface area contributed by atoms with E-state index in [1.54, 1.807) is 6.07 Å². The Kier molecular flexibility index (Phi) is 4.80. The summed E-state index contributed by atoms with van der Waals surface area (Å²) < 4.78 is 5.22. The van der Waals surface area contributed by atoms with E-state index in [-0.39, 0.29) is 0 Å². The van der Waals surface area contributed by atoms with E-state index >= 15 is 0 Å². The predicted molar refractivity (Wildman–Crippen MR) is 75.8 cm³/mol. The maximum atomic E-state index is 5.97. The molecule has 1 aromatic carbocycles. The third-order valence-electron chi connectivity index (χ3n) is 2.83. The van der Waals surface area contributed by atoms with E-state index in [4.69, 9.17) is 27.7 Å². The van der Waals surface area contributed by atoms with Crippen LogP contribution in [-0.2, 0) is 12.8 Å². The van der Waals surface area contributed by atoms with Gasteiger partial charge in [-0.1, -0.05) is 34.4 Å². The van der Waals surface area contributed by atoms with Gasteiger partial charge in [0.1, 0.15) is 0 Å². The lowest BCUT2D eigenvalue weighted by Gasteiger charge is -2.04. The molecule has 0 amide bonds. The zero-order valence-electron chi connectivity index (χ0n) is 10.8. The number of nitrogens with one attached hydrogen (secondary N) is 1. The minimum atomic E-state index is 0.315. The topological polar surface area (TPSA) is 51.0 Å². The zero-order valence-corrected chi connectivity index (χ0v) is 12.3. The standard InChI is InChI=1S/C13H15Cl2N3O/c1-8(16-2)5-12-17-13(19-18-12)7-9-3-4-10(14)11(15)6-9/h3-4,6,8,16H,5,7H2,1-2H3. The van der Waals surface area contributed by atoms with Crippen LogP contribution in [0, 0.1) is 0 Å². The number of rotatable bonds is 5. The summed E-state index contributed by atoms with van der Waals surface area (Å²) in [5.74, 6) is 1.29. The number of nitrogens with zero attached hydrogens (tertiary/aromatic N) is 2. The molecule has 4 nitrogen and oxygen atoms in total. The first-order valence-corrected chi connectivity index (χ1v) is 6.76. The highest BCUT2D eigenvalue weighted by Gasteiger charge is 2.10. The predicted octanol–water partition coefficient (Wildman–Crippen LogP) is 3.12. The van der Waals surface area contributed by atoms with Gasteiger partial charge in [-0.05, 0) is 31.7 Å². The minimum absolute atomic E-state index is 0.315. The average Bonchev–Trinajstić information content (AvgIpc) is 2.81. The fraction of sp³-hybridized carbons (Fsp3) is 0.385. The highest BCUT2D eigenvalue weighted by Crippen LogP contribution is 2.23. The molecular formula is C13H15Cl2N3O. The molecule has 0 radical (unpaired) electrons. The van der Waals surface area contributed by atoms with Crippen molar-refractivity contribution in [1.82, 2.24) is 15.5 Å². The third-order valence-corrected chi connectivity index (χ3v) is 3.57. The maximum absolute atomic E-state index is 5.97. The summed E-state index contributed by atoms with van der Waals surface area (Å²) in [6.07, 6.45) is 1.29. The summed E-state index contributed by atoms with van der Waals surface area (Å²) in [7, 11) is 1.90. The van der Waals surface area contributed by atoms with Crippen LogP contribution >= 0.6 is 23.2 Å². The molecule has 0 spiro atoms. The van der Waals surface area contributed by atoms with Gasteiger partial charge in [0, 0.05) is 12.5 Å². The van der Waals surface area contributed by atoms with Crippen molar-refractivity contribution in [2.24, 2.45) is 0 Å². The molecule has 2 rings (SSSR count). The van der Waals surface area contributed by atoms with Gasteiger partial charge in [-0.15, -0.1) is 0 Å². The van der Waals surface area contributed by atoms with Crippen molar-refractivity contribution in [3.8, 4) is 0 Å². The zero-order chi connectivity index (χ0) is 13.8. The molecule has 19 heavy (non-hydrogen) atoms. The molecule has 1 atom stereocenters. The fourth-order valence-electron chi connectivity index (χ4n) is 1.64. The van der Waals surface area contributed by atoms with Crippen LogP contribution in [0.4, 0.5) is 0 Å². The SMILES string of the molecule is CNC(C)Cc1noc(Cc2ccc(Cl)c(Cl)c2)n1. The van der Waals surface area contributed by atoms with Crippen molar-refractivity contribution in [2.75, 3.05) is 7.05 Å². The maximum Gasteiger partial charge on any atom is 0.231 e. The highest BCUT2D eigenvalue weighted by molar-refractivity contribution is 6.42. The van der Waals surface area contributed by atoms with Gasteiger partial charge < -0.3 is 9.84 Å². The molecule has 1 heterocycles. The Morgan fingerprint density at radius 3 is 2.79 bits per heavy atom. The number of halogens is 2. The van der Waals surface area contributed by atoms with Gasteiger partial charge in [-0.25, -0.2) is 0 Å². The molecule has 1 unspecified atom stereocenters. The Morgan fingerprint density at radius 2 is 2.11 bits per heavy atom. The van der Waals surface area contributed by atoms with Crippen LogP contribution in [-0.4, -0.2) is 23.2 Å². The smallest absolute Gasteiger partial charge is 0.231 e. The number of aromatic nitrogens is 2. The van der Waals surface area contributed by atoms with E-state index < -0.39 is 0 Å². The molecule has 0 saturated heterocycles. The van der Waals surface area contributed by atoms with Crippen LogP contribution in [0.5, 0.6) is 0 Å². The third kappa shape index (κ3) is 3.93. The van der Waals surface area contributed by atoms with E-state index in [9.17, 15) is 0 Å². The van der Waals surface area contributed by atoms with E-state index in [0.29, 0.717) is 34.2 Å². The Hall–Kier alpha value is -1.10. The molecule has 1 aromatic heterocycles. The molecule has 0 aliphatic rings. The lowest BCUT2D eigenvalue weighted by molar-refractivity contribution is 0.377. The van der Waals surface area contributed by atoms with Crippen LogP contribution in [0.15, 0.2) is 22.7 Å². The second-order valence-corrected chi connectivity index (χ2v) is 5.24. The van der Waals surface area contributed by atoms with E-state index in [1.165, 1.54) is 0 Å². The molecule has 0 aliphatic heterocycles. The molecule has 1 N–H and O–H groups in total. The van der Waals surface area contributed by atoms with Crippen molar-refractivity contribution >= 4 is 23.2 Å². The fourth-order valence-corrected chi connectivity index (χ4v) is 1.97. The second kappa shape index (κ2) is 6.37. The first kappa shape index (κ1) is 14.3. The molecule has 0 saturated carbocycles. The Bertz CT molecular complexity index is 557. The van der Waals surface area contributed by atoms with Crippen LogP contribution in [0.25, 0.3) is 0 Å². The van der Waals surface area contributed by atoms with Crippen LogP contribution < -0.4 is 5.32 Å². The summed E-state index contributed by atoms with van der Waals surface area (Å²) in [4.78, 5) is 4.35. The summed E-state index contributed by atoms with van der Waals surface area (Å²) in [5, 5.41) is 8.16. The first-order chi connectivity index (χ1) is 9.08. The number of likely N-dealkylation sites (N-methyl/N-ethyl adjacent to an activating group) is 1. The number of hydrogen-bond acceptors (Lipinski definition) is 4. The summed E-state index contributed by atoms with van der Waals surface area (Å²) in [6.45, 7) is 2.06. The number of benzene rings is 1. The van der Waals surface area contributed by atoms with Crippen molar-refractivity contribution in [3.63, 3.8) is 0 Å². The molecular weight excluding hydrogens is 285 g/mol. The quantitative estimate of drug-likeness (QED) is 0.921. The van der Waals surface area contributed by atoms with Gasteiger partial charge in [0.05, 0.1) is 16.5 Å². The van der Waals surface area contributed by atoms with Crippen LogP contribution in [0.2, 0.25) is 10.0 Å². The molecule has 102 valence electrons. The highest BCUT2D eigenvalue weighted by atomic mass is 35.5. The van der Waals surface area contributed by atoms with E-state index in [2.05, 4.69) is 22.4 Å². The molecule has 0 bridgehead atoms. The molecule has 2 aromatic rings. The summed E-state index contributed by atoms with van der Waals surface area (Å²) in [6, 6.07) is 5.79. The minimum Gasteiger partial charge on any atom is -0.339 e. The van der Waals surface area contributed by atoms with Crippen molar-refractivity contribution < 1.29 is 4.52 Å².